The lowest BCUT2D eigenvalue weighted by Gasteiger charge is -2.12. The van der Waals surface area contributed by atoms with E-state index in [1.165, 1.54) is 12.1 Å². The van der Waals surface area contributed by atoms with Crippen LogP contribution in [0.5, 0.6) is 11.5 Å². The van der Waals surface area contributed by atoms with Crippen LogP contribution in [0.4, 0.5) is 17.1 Å². The number of hydrogen-bond donors (Lipinski definition) is 2. The molecule has 0 aliphatic heterocycles. The van der Waals surface area contributed by atoms with Crippen LogP contribution in [0.1, 0.15) is 0 Å². The summed E-state index contributed by atoms with van der Waals surface area (Å²) >= 11 is 14.5. The number of rotatable bonds is 5. The number of nitro benzene ring substituents is 1. The van der Waals surface area contributed by atoms with Crippen LogP contribution >= 0.6 is 39.7 Å². The quantitative estimate of drug-likeness (QED) is 0.244. The summed E-state index contributed by atoms with van der Waals surface area (Å²) < 4.78 is 6.65. The van der Waals surface area contributed by atoms with Gasteiger partial charge in [0.2, 0.25) is 0 Å². The Bertz CT molecular complexity index is 1010. The number of benzene rings is 3. The Balaban J connectivity index is 1.78. The highest BCUT2D eigenvalue weighted by Crippen LogP contribution is 2.30. The molecule has 0 aliphatic carbocycles. The molecule has 3 aromatic rings. The summed E-state index contributed by atoms with van der Waals surface area (Å²) in [5.74, 6) is 0.803. The first-order valence-electron chi connectivity index (χ1n) is 7.95. The predicted octanol–water partition coefficient (Wildman–Crippen LogP) is 6.61. The maximum absolute atomic E-state index is 11.3. The van der Waals surface area contributed by atoms with Gasteiger partial charge in [-0.15, -0.1) is 0 Å². The fourth-order valence-corrected chi connectivity index (χ4v) is 2.91. The van der Waals surface area contributed by atoms with Crippen LogP contribution in [-0.2, 0) is 0 Å². The number of non-ortho nitro benzene ring substituents is 1. The molecule has 9 heteroatoms. The topological polar surface area (TPSA) is 76.4 Å². The van der Waals surface area contributed by atoms with Gasteiger partial charge in [-0.25, -0.2) is 0 Å². The minimum absolute atomic E-state index is 0.125. The third-order valence-corrected chi connectivity index (χ3v) is 4.50. The van der Waals surface area contributed by atoms with E-state index in [2.05, 4.69) is 26.6 Å². The van der Waals surface area contributed by atoms with Gasteiger partial charge in [-0.3, -0.25) is 10.1 Å². The van der Waals surface area contributed by atoms with Crippen molar-refractivity contribution in [3.05, 3.63) is 86.3 Å². The third kappa shape index (κ3) is 5.66. The normalized spacial score (nSPS) is 10.2. The molecular formula is C19H13BrClN3O3S. The lowest BCUT2D eigenvalue weighted by Crippen LogP contribution is -2.19. The molecule has 0 spiro atoms. The molecule has 0 aliphatic rings. The zero-order valence-corrected chi connectivity index (χ0v) is 17.3. The van der Waals surface area contributed by atoms with E-state index in [0.717, 1.165) is 10.2 Å². The number of halogens is 2. The summed E-state index contributed by atoms with van der Waals surface area (Å²) in [6, 6.07) is 18.5. The van der Waals surface area contributed by atoms with E-state index >= 15 is 0 Å². The molecule has 0 radical (unpaired) electrons. The van der Waals surface area contributed by atoms with Gasteiger partial charge in [-0.05, 0) is 60.7 Å². The number of anilines is 2. The predicted molar refractivity (Wildman–Crippen MR) is 119 cm³/mol. The summed E-state index contributed by atoms with van der Waals surface area (Å²) in [7, 11) is 0. The molecule has 0 heterocycles. The van der Waals surface area contributed by atoms with Gasteiger partial charge >= 0.3 is 0 Å². The summed E-state index contributed by atoms with van der Waals surface area (Å²) in [6.45, 7) is 0. The number of thiocarbonyl (C=S) groups is 1. The Morgan fingerprint density at radius 3 is 2.25 bits per heavy atom. The van der Waals surface area contributed by atoms with E-state index in [1.54, 1.807) is 30.3 Å². The van der Waals surface area contributed by atoms with Crippen molar-refractivity contribution >= 4 is 61.9 Å². The minimum Gasteiger partial charge on any atom is -0.457 e. The summed E-state index contributed by atoms with van der Waals surface area (Å²) in [4.78, 5) is 10.8. The maximum Gasteiger partial charge on any atom is 0.275 e. The van der Waals surface area contributed by atoms with Gasteiger partial charge < -0.3 is 15.4 Å². The lowest BCUT2D eigenvalue weighted by molar-refractivity contribution is -0.384. The van der Waals surface area contributed by atoms with Crippen molar-refractivity contribution in [1.29, 1.82) is 0 Å². The fraction of sp³-hybridized carbons (Fsp3) is 0. The molecule has 0 bridgehead atoms. The molecule has 28 heavy (non-hydrogen) atoms. The Hall–Kier alpha value is -2.68. The van der Waals surface area contributed by atoms with E-state index in [1.807, 2.05) is 24.3 Å². The van der Waals surface area contributed by atoms with Crippen molar-refractivity contribution in [2.75, 3.05) is 10.6 Å². The van der Waals surface area contributed by atoms with Crippen LogP contribution in [0.2, 0.25) is 5.02 Å². The largest absolute Gasteiger partial charge is 0.457 e. The molecule has 3 rings (SSSR count). The first kappa shape index (κ1) is 20.1. The van der Waals surface area contributed by atoms with Gasteiger partial charge in [0.1, 0.15) is 11.5 Å². The van der Waals surface area contributed by atoms with Gasteiger partial charge in [0, 0.05) is 27.3 Å². The van der Waals surface area contributed by atoms with Crippen LogP contribution in [0.25, 0.3) is 0 Å². The van der Waals surface area contributed by atoms with Crippen LogP contribution < -0.4 is 15.4 Å². The fourth-order valence-electron chi connectivity index (χ4n) is 2.29. The summed E-state index contributed by atoms with van der Waals surface area (Å²) in [5.41, 5.74) is 1.08. The van der Waals surface area contributed by atoms with E-state index in [9.17, 15) is 10.1 Å². The molecule has 6 nitrogen and oxygen atoms in total. The van der Waals surface area contributed by atoms with E-state index in [4.69, 9.17) is 28.6 Å². The Morgan fingerprint density at radius 1 is 0.964 bits per heavy atom. The molecule has 142 valence electrons. The number of nitrogens with one attached hydrogen (secondary N) is 2. The zero-order chi connectivity index (χ0) is 20.1. The van der Waals surface area contributed by atoms with Crippen LogP contribution in [-0.4, -0.2) is 10.0 Å². The van der Waals surface area contributed by atoms with Gasteiger partial charge in [0.05, 0.1) is 16.7 Å². The number of ether oxygens (including phenoxy) is 1. The Labute approximate surface area is 179 Å². The van der Waals surface area contributed by atoms with E-state index in [-0.39, 0.29) is 5.69 Å². The van der Waals surface area contributed by atoms with Gasteiger partial charge in [0.25, 0.3) is 5.69 Å². The van der Waals surface area contributed by atoms with Crippen molar-refractivity contribution in [3.63, 3.8) is 0 Å². The highest BCUT2D eigenvalue weighted by Gasteiger charge is 2.12. The highest BCUT2D eigenvalue weighted by molar-refractivity contribution is 9.10. The molecule has 0 fully saturated rings. The number of nitro groups is 1. The standard InChI is InChI=1S/C19H13BrClN3O3S/c20-12-1-5-14(6-2-12)22-19(28)23-15-9-16(24(25)26)11-18(10-15)27-17-7-3-13(21)4-8-17/h1-11H,(H2,22,23,28). The monoisotopic (exact) mass is 477 g/mol. The second-order valence-corrected chi connectivity index (χ2v) is 7.38. The lowest BCUT2D eigenvalue weighted by atomic mass is 10.2. The van der Waals surface area contributed by atoms with Crippen LogP contribution in [0, 0.1) is 10.1 Å². The summed E-state index contributed by atoms with van der Waals surface area (Å²) in [5, 5.41) is 18.1. The molecular weight excluding hydrogens is 466 g/mol. The van der Waals surface area contributed by atoms with Crippen molar-refractivity contribution in [2.24, 2.45) is 0 Å². The molecule has 2 N–H and O–H groups in total. The first-order chi connectivity index (χ1) is 13.4. The average Bonchev–Trinajstić information content (AvgIpc) is 2.65. The smallest absolute Gasteiger partial charge is 0.275 e. The first-order valence-corrected chi connectivity index (χ1v) is 9.53. The second-order valence-electron chi connectivity index (χ2n) is 5.61. The molecule has 0 saturated carbocycles. The van der Waals surface area contributed by atoms with Crippen molar-refractivity contribution in [3.8, 4) is 11.5 Å². The Kier molecular flexibility index (Phi) is 6.45. The number of nitrogens with zero attached hydrogens (tertiary/aromatic N) is 1. The zero-order valence-electron chi connectivity index (χ0n) is 14.2. The molecule has 0 amide bonds. The highest BCUT2D eigenvalue weighted by atomic mass is 79.9. The maximum atomic E-state index is 11.3. The van der Waals surface area contributed by atoms with Crippen LogP contribution in [0.3, 0.4) is 0 Å². The molecule has 0 atom stereocenters. The SMILES string of the molecule is O=[N+]([O-])c1cc(NC(=S)Nc2ccc(Br)cc2)cc(Oc2ccc(Cl)cc2)c1. The van der Waals surface area contributed by atoms with Gasteiger partial charge in [0.15, 0.2) is 5.11 Å². The van der Waals surface area contributed by atoms with E-state index < -0.39 is 4.92 Å². The molecule has 0 aromatic heterocycles. The Morgan fingerprint density at radius 2 is 1.61 bits per heavy atom. The third-order valence-electron chi connectivity index (χ3n) is 3.51. The van der Waals surface area contributed by atoms with Gasteiger partial charge in [-0.1, -0.05) is 27.5 Å². The average molecular weight is 479 g/mol. The number of hydrogen-bond acceptors (Lipinski definition) is 4. The molecule has 0 saturated heterocycles. The van der Waals surface area contributed by atoms with Gasteiger partial charge in [-0.2, -0.15) is 0 Å². The van der Waals surface area contributed by atoms with Crippen molar-refractivity contribution in [1.82, 2.24) is 0 Å². The molecule has 3 aromatic carbocycles. The van der Waals surface area contributed by atoms with E-state index in [0.29, 0.717) is 27.3 Å². The van der Waals surface area contributed by atoms with Crippen LogP contribution in [0.15, 0.2) is 71.2 Å². The summed E-state index contributed by atoms with van der Waals surface area (Å²) in [6.07, 6.45) is 0. The van der Waals surface area contributed by atoms with Crippen molar-refractivity contribution in [2.45, 2.75) is 0 Å². The van der Waals surface area contributed by atoms with Crippen molar-refractivity contribution < 1.29 is 9.66 Å². The second kappa shape index (κ2) is 9.01. The minimum atomic E-state index is -0.495. The molecule has 0 unspecified atom stereocenters.